The number of fused-ring (bicyclic) bond motifs is 3. The van der Waals surface area contributed by atoms with Crippen LogP contribution < -0.4 is 4.90 Å². The van der Waals surface area contributed by atoms with Gasteiger partial charge in [-0.1, -0.05) is 36.5 Å². The molecule has 1 amide bonds. The topological polar surface area (TPSA) is 98.2 Å². The molecule has 2 unspecified atom stereocenters. The molecule has 5 rings (SSSR count). The highest BCUT2D eigenvalue weighted by atomic mass is 32.2. The molecule has 1 saturated heterocycles. The zero-order valence-corrected chi connectivity index (χ0v) is 22.4. The van der Waals surface area contributed by atoms with Crippen LogP contribution in [-0.4, -0.2) is 55.6 Å². The molecular formula is C27H26N2O5S3. The Hall–Kier alpha value is -2.82. The molecule has 2 aliphatic heterocycles. The maximum Gasteiger partial charge on any atom is 0.323 e. The first-order chi connectivity index (χ1) is 17.8. The Morgan fingerprint density at radius 1 is 1.11 bits per heavy atom. The molecule has 2 aromatic rings. The Kier molecular flexibility index (Phi) is 7.60. The van der Waals surface area contributed by atoms with Crippen LogP contribution in [0, 0.1) is 0 Å². The van der Waals surface area contributed by atoms with Gasteiger partial charge in [-0.05, 0) is 78.6 Å². The zero-order valence-electron chi connectivity index (χ0n) is 20.0. The van der Waals surface area contributed by atoms with Crippen molar-refractivity contribution in [1.29, 1.82) is 0 Å². The molecule has 2 aromatic carbocycles. The van der Waals surface area contributed by atoms with Gasteiger partial charge < -0.3 is 15.1 Å². The van der Waals surface area contributed by atoms with E-state index in [9.17, 15) is 14.4 Å². The second-order valence-corrected chi connectivity index (χ2v) is 12.1. The van der Waals surface area contributed by atoms with Gasteiger partial charge in [0.15, 0.2) is 0 Å². The second kappa shape index (κ2) is 10.9. The molecule has 1 aliphatic carbocycles. The Bertz CT molecular complexity index is 1290. The number of amides is 1. The average Bonchev–Trinajstić information content (AvgIpc) is 3.52. The number of carbonyl (C=O) groups excluding carboxylic acids is 1. The van der Waals surface area contributed by atoms with Gasteiger partial charge in [-0.15, -0.1) is 11.8 Å². The average molecular weight is 555 g/mol. The Morgan fingerprint density at radius 3 is 2.62 bits per heavy atom. The lowest BCUT2D eigenvalue weighted by Crippen LogP contribution is -2.33. The van der Waals surface area contributed by atoms with E-state index in [1.165, 1.54) is 17.7 Å². The van der Waals surface area contributed by atoms with E-state index in [1.54, 1.807) is 11.8 Å². The number of rotatable bonds is 9. The molecule has 2 fully saturated rings. The van der Waals surface area contributed by atoms with Crippen molar-refractivity contribution < 1.29 is 24.6 Å². The molecule has 1 saturated carbocycles. The third-order valence-electron chi connectivity index (χ3n) is 6.91. The summed E-state index contributed by atoms with van der Waals surface area (Å²) < 4.78 is 0.269. The van der Waals surface area contributed by atoms with Crippen LogP contribution in [0.1, 0.15) is 49.1 Å². The number of nitrogens with zero attached hydrogens (tertiary/aromatic N) is 2. The molecule has 3 aliphatic rings. The maximum atomic E-state index is 12.7. The summed E-state index contributed by atoms with van der Waals surface area (Å²) in [7, 11) is 0. The van der Waals surface area contributed by atoms with Crippen LogP contribution >= 0.6 is 35.7 Å². The normalized spacial score (nSPS) is 21.6. The predicted octanol–water partition coefficient (Wildman–Crippen LogP) is 5.72. The fourth-order valence-electron chi connectivity index (χ4n) is 5.34. The highest BCUT2D eigenvalue weighted by Crippen LogP contribution is 2.52. The smallest absolute Gasteiger partial charge is 0.323 e. The van der Waals surface area contributed by atoms with E-state index in [0.717, 1.165) is 51.4 Å². The van der Waals surface area contributed by atoms with Gasteiger partial charge in [-0.3, -0.25) is 19.3 Å². The molecule has 7 nitrogen and oxygen atoms in total. The number of thiocarbonyl (C=S) groups is 1. The van der Waals surface area contributed by atoms with Crippen LogP contribution in [0.4, 0.5) is 11.4 Å². The molecule has 0 spiro atoms. The minimum atomic E-state index is -1.09. The molecule has 2 heterocycles. The van der Waals surface area contributed by atoms with Crippen molar-refractivity contribution in [2.24, 2.45) is 0 Å². The minimum absolute atomic E-state index is 0.192. The Morgan fingerprint density at radius 2 is 1.89 bits per heavy atom. The van der Waals surface area contributed by atoms with Crippen molar-refractivity contribution in [3.8, 4) is 0 Å². The number of carboxylic acid groups (broad SMARTS) is 2. The van der Waals surface area contributed by atoms with Crippen LogP contribution in [0.15, 0.2) is 52.3 Å². The number of carboxylic acids is 2. The number of thioether (sulfide) groups is 2. The Labute approximate surface area is 228 Å². The fourth-order valence-corrected chi connectivity index (χ4v) is 7.45. The molecule has 0 radical (unpaired) electrons. The summed E-state index contributed by atoms with van der Waals surface area (Å²) >= 11 is 8.04. The molecule has 0 bridgehead atoms. The minimum Gasteiger partial charge on any atom is -0.481 e. The van der Waals surface area contributed by atoms with E-state index in [2.05, 4.69) is 41.3 Å². The van der Waals surface area contributed by atoms with Crippen molar-refractivity contribution >= 4 is 75.4 Å². The molecule has 10 heteroatoms. The summed E-state index contributed by atoms with van der Waals surface area (Å²) in [6.45, 7) is -0.426. The molecule has 2 N–H and O–H groups in total. The third-order valence-corrected chi connectivity index (χ3v) is 9.38. The molecule has 37 heavy (non-hydrogen) atoms. The number of carbonyl (C=O) groups is 3. The van der Waals surface area contributed by atoms with Crippen molar-refractivity contribution in [3.63, 3.8) is 0 Å². The standard InChI is InChI=1S/C27H26N2O5S3/c30-24(31)5-2-12-36-18-9-7-17(8-10-18)29-21-4-1-3-19(21)20-13-16(6-11-22(20)29)14-23-26(34)28(15-25(32)33)27(35)37-23/h6-11,13-14,19,21H,1-5,12,15H2,(H,30,31)(H,32,33)/b23-14-. The number of hydrogen-bond donors (Lipinski definition) is 2. The van der Waals surface area contributed by atoms with Crippen molar-refractivity contribution in [1.82, 2.24) is 4.90 Å². The number of benzene rings is 2. The highest BCUT2D eigenvalue weighted by molar-refractivity contribution is 8.26. The first-order valence-corrected chi connectivity index (χ1v) is 14.4. The summed E-state index contributed by atoms with van der Waals surface area (Å²) in [5.74, 6) is -1.01. The van der Waals surface area contributed by atoms with E-state index < -0.39 is 18.5 Å². The van der Waals surface area contributed by atoms with Gasteiger partial charge in [0.05, 0.1) is 4.91 Å². The first kappa shape index (κ1) is 25.8. The fraction of sp³-hybridized carbons (Fsp3) is 0.333. The van der Waals surface area contributed by atoms with Gasteiger partial charge in [0.25, 0.3) is 5.91 Å². The second-order valence-electron chi connectivity index (χ2n) is 9.29. The third kappa shape index (κ3) is 5.42. The largest absolute Gasteiger partial charge is 0.481 e. The van der Waals surface area contributed by atoms with E-state index in [-0.39, 0.29) is 16.6 Å². The summed E-state index contributed by atoms with van der Waals surface area (Å²) in [4.78, 5) is 39.6. The van der Waals surface area contributed by atoms with Gasteiger partial charge >= 0.3 is 11.9 Å². The SMILES string of the molecule is O=C(O)CCCSc1ccc(N2c3ccc(/C=C4\SC(=S)N(CC(=O)O)C4=O)cc3C3CCCC32)cc1. The number of hydrogen-bond acceptors (Lipinski definition) is 7. The highest BCUT2D eigenvalue weighted by Gasteiger charge is 2.42. The van der Waals surface area contributed by atoms with Gasteiger partial charge in [0.2, 0.25) is 0 Å². The quantitative estimate of drug-likeness (QED) is 0.175. The summed E-state index contributed by atoms with van der Waals surface area (Å²) in [5.41, 5.74) is 4.53. The predicted molar refractivity (Wildman–Crippen MR) is 151 cm³/mol. The number of aliphatic carboxylic acids is 2. The van der Waals surface area contributed by atoms with Gasteiger partial charge in [0, 0.05) is 34.7 Å². The summed E-state index contributed by atoms with van der Waals surface area (Å²) in [6.07, 6.45) is 6.06. The lowest BCUT2D eigenvalue weighted by molar-refractivity contribution is -0.140. The molecule has 2 atom stereocenters. The van der Waals surface area contributed by atoms with Gasteiger partial charge in [0.1, 0.15) is 10.9 Å². The van der Waals surface area contributed by atoms with E-state index in [0.29, 0.717) is 23.3 Å². The molecule has 192 valence electrons. The monoisotopic (exact) mass is 554 g/mol. The number of anilines is 2. The Balaban J connectivity index is 1.36. The van der Waals surface area contributed by atoms with Crippen LogP contribution in [0.25, 0.3) is 6.08 Å². The summed E-state index contributed by atoms with van der Waals surface area (Å²) in [6, 6.07) is 15.2. The van der Waals surface area contributed by atoms with E-state index in [1.807, 2.05) is 12.1 Å². The van der Waals surface area contributed by atoms with Crippen molar-refractivity contribution in [3.05, 3.63) is 58.5 Å². The maximum absolute atomic E-state index is 12.7. The van der Waals surface area contributed by atoms with Crippen LogP contribution in [0.2, 0.25) is 0 Å². The van der Waals surface area contributed by atoms with Crippen molar-refractivity contribution in [2.45, 2.75) is 49.0 Å². The van der Waals surface area contributed by atoms with Crippen LogP contribution in [-0.2, 0) is 14.4 Å². The van der Waals surface area contributed by atoms with Crippen molar-refractivity contribution in [2.75, 3.05) is 17.2 Å². The molecular weight excluding hydrogens is 529 g/mol. The summed E-state index contributed by atoms with van der Waals surface area (Å²) in [5, 5.41) is 17.9. The van der Waals surface area contributed by atoms with E-state index in [4.69, 9.17) is 22.4 Å². The lowest BCUT2D eigenvalue weighted by Gasteiger charge is -2.27. The van der Waals surface area contributed by atoms with Gasteiger partial charge in [-0.2, -0.15) is 0 Å². The first-order valence-electron chi connectivity index (χ1n) is 12.2. The van der Waals surface area contributed by atoms with Crippen LogP contribution in [0.3, 0.4) is 0 Å². The van der Waals surface area contributed by atoms with E-state index >= 15 is 0 Å². The molecule has 0 aromatic heterocycles. The van der Waals surface area contributed by atoms with Crippen LogP contribution in [0.5, 0.6) is 0 Å². The van der Waals surface area contributed by atoms with Gasteiger partial charge in [-0.25, -0.2) is 0 Å². The lowest BCUT2D eigenvalue weighted by atomic mass is 9.96. The zero-order chi connectivity index (χ0) is 26.1.